The van der Waals surface area contributed by atoms with E-state index in [1.165, 1.54) is 0 Å². The Morgan fingerprint density at radius 3 is 1.33 bits per heavy atom. The number of hydrogen-bond acceptors (Lipinski definition) is 2. The third-order valence-electron chi connectivity index (χ3n) is 0.498. The molecule has 0 radical (unpaired) electrons. The summed E-state index contributed by atoms with van der Waals surface area (Å²) in [5.41, 5.74) is -0.750. The van der Waals surface area contributed by atoms with Crippen LogP contribution in [-0.2, 0) is 0 Å². The molecule has 64 valence electrons. The first kappa shape index (κ1) is 23.6. The zero-order chi connectivity index (χ0) is 8.62. The molecule has 0 rings (SSSR count). The van der Waals surface area contributed by atoms with Gasteiger partial charge in [-0.1, -0.05) is 40.5 Å². The van der Waals surface area contributed by atoms with E-state index in [2.05, 4.69) is 0 Å². The van der Waals surface area contributed by atoms with Crippen LogP contribution >= 0.6 is 0 Å². The molecule has 12 heavy (non-hydrogen) atoms. The summed E-state index contributed by atoms with van der Waals surface area (Å²) in [5, 5.41) is 19.6. The van der Waals surface area contributed by atoms with Crippen LogP contribution in [0.5, 0.6) is 0 Å². The molecule has 0 saturated carbocycles. The molecule has 0 spiro atoms. The van der Waals surface area contributed by atoms with Gasteiger partial charge < -0.3 is 10.2 Å². The van der Waals surface area contributed by atoms with Gasteiger partial charge in [0.25, 0.3) is 0 Å². The number of hydrogen-bond donors (Lipinski definition) is 0. The summed E-state index contributed by atoms with van der Waals surface area (Å²) >= 11 is 0. The Bertz CT molecular complexity index is 54.6. The van der Waals surface area contributed by atoms with Gasteiger partial charge >= 0.3 is 59.1 Å². The van der Waals surface area contributed by atoms with Crippen LogP contribution in [-0.4, -0.2) is 12.2 Å². The van der Waals surface area contributed by atoms with Gasteiger partial charge in [-0.2, -0.15) is 0 Å². The van der Waals surface area contributed by atoms with Crippen molar-refractivity contribution in [3.63, 3.8) is 0 Å². The maximum absolute atomic E-state index is 10.1. The van der Waals surface area contributed by atoms with E-state index in [1.54, 1.807) is 20.8 Å². The molecule has 0 heterocycles. The molecule has 0 aliphatic heterocycles. The van der Waals surface area contributed by atoms with Crippen molar-refractivity contribution in [1.82, 2.24) is 0 Å². The van der Waals surface area contributed by atoms with Gasteiger partial charge in [-0.3, -0.25) is 0 Å². The van der Waals surface area contributed by atoms with E-state index >= 15 is 0 Å². The summed E-state index contributed by atoms with van der Waals surface area (Å²) in [6.45, 7) is 7.00. The van der Waals surface area contributed by atoms with Crippen LogP contribution in [0.15, 0.2) is 0 Å². The van der Waals surface area contributed by atoms with Crippen molar-refractivity contribution in [3.05, 3.63) is 0 Å². The van der Waals surface area contributed by atoms with Crippen molar-refractivity contribution in [2.24, 2.45) is 0 Å². The van der Waals surface area contributed by atoms with Crippen molar-refractivity contribution in [2.75, 3.05) is 6.61 Å². The zero-order valence-electron chi connectivity index (χ0n) is 9.44. The van der Waals surface area contributed by atoms with Crippen LogP contribution in [0.3, 0.4) is 0 Å². The van der Waals surface area contributed by atoms with Crippen LogP contribution in [0.2, 0.25) is 0 Å². The Hall–Kier alpha value is 1.92. The molecular weight excluding hydrogens is 174 g/mol. The normalized spacial score (nSPS) is 8.50. The van der Waals surface area contributed by atoms with Crippen LogP contribution in [0.1, 0.15) is 40.5 Å². The molecule has 0 fully saturated rings. The van der Waals surface area contributed by atoms with Gasteiger partial charge in [-0.25, -0.2) is 0 Å². The van der Waals surface area contributed by atoms with Crippen LogP contribution < -0.4 is 69.3 Å². The molecule has 0 aromatic heterocycles. The van der Waals surface area contributed by atoms with Crippen molar-refractivity contribution in [3.8, 4) is 0 Å². The van der Waals surface area contributed by atoms with E-state index in [0.717, 1.165) is 12.8 Å². The fourth-order valence-corrected chi connectivity index (χ4v) is 0.144. The molecule has 0 aliphatic carbocycles. The maximum atomic E-state index is 10.1. The fourth-order valence-electron chi connectivity index (χ4n) is 0.144. The molecule has 0 bridgehead atoms. The number of rotatable bonds is 2. The smallest absolute Gasteiger partial charge is 0.854 e. The van der Waals surface area contributed by atoms with Gasteiger partial charge in [0.05, 0.1) is 0 Å². The monoisotopic (exact) mass is 192 g/mol. The number of unbranched alkanes of at least 4 members (excludes halogenated alkanes) is 1. The molecule has 0 aromatic carbocycles. The fraction of sp³-hybridized carbons (Fsp3) is 1.00. The zero-order valence-corrected chi connectivity index (χ0v) is 13.4. The molecule has 0 aliphatic rings. The van der Waals surface area contributed by atoms with E-state index in [9.17, 15) is 10.2 Å². The molecule has 0 saturated heterocycles. The first-order valence-electron chi connectivity index (χ1n) is 3.70. The minimum Gasteiger partial charge on any atom is -0.854 e. The summed E-state index contributed by atoms with van der Waals surface area (Å²) in [4.78, 5) is 0. The summed E-state index contributed by atoms with van der Waals surface area (Å²) in [6.07, 6.45) is 1.86. The standard InChI is InChI=1S/2C4H9O.2Na/c1-4(2,3)5;1-2-3-4-5;;/h1-3H3;2-4H2,1H3;;/q2*-1;2*+1. The molecule has 0 N–H and O–H groups in total. The summed E-state index contributed by atoms with van der Waals surface area (Å²) in [7, 11) is 0. The second-order valence-corrected chi connectivity index (χ2v) is 3.17. The summed E-state index contributed by atoms with van der Waals surface area (Å²) in [6, 6.07) is 0. The average Bonchev–Trinajstić information content (AvgIpc) is 1.63. The average molecular weight is 192 g/mol. The predicted octanol–water partition coefficient (Wildman–Crippen LogP) is -5.70. The summed E-state index contributed by atoms with van der Waals surface area (Å²) < 4.78 is 0. The van der Waals surface area contributed by atoms with Crippen LogP contribution in [0.4, 0.5) is 0 Å². The molecule has 0 amide bonds. The van der Waals surface area contributed by atoms with Crippen LogP contribution in [0.25, 0.3) is 0 Å². The van der Waals surface area contributed by atoms with Crippen molar-refractivity contribution < 1.29 is 69.3 Å². The Morgan fingerprint density at radius 1 is 1.08 bits per heavy atom. The van der Waals surface area contributed by atoms with Gasteiger partial charge in [-0.15, -0.1) is 12.2 Å². The van der Waals surface area contributed by atoms with E-state index in [-0.39, 0.29) is 65.7 Å². The van der Waals surface area contributed by atoms with E-state index in [1.807, 2.05) is 6.92 Å². The van der Waals surface area contributed by atoms with E-state index in [4.69, 9.17) is 0 Å². The van der Waals surface area contributed by atoms with Gasteiger partial charge in [-0.05, 0) is 0 Å². The van der Waals surface area contributed by atoms with Crippen molar-refractivity contribution >= 4 is 0 Å². The maximum Gasteiger partial charge on any atom is 1.00 e. The Morgan fingerprint density at radius 2 is 1.33 bits per heavy atom. The second-order valence-electron chi connectivity index (χ2n) is 3.17. The summed E-state index contributed by atoms with van der Waals surface area (Å²) in [5.74, 6) is 0. The van der Waals surface area contributed by atoms with E-state index in [0.29, 0.717) is 0 Å². The second kappa shape index (κ2) is 15.4. The minimum absolute atomic E-state index is 0. The van der Waals surface area contributed by atoms with Crippen LogP contribution in [0, 0.1) is 0 Å². The molecule has 2 nitrogen and oxygen atoms in total. The topological polar surface area (TPSA) is 46.1 Å². The molecular formula is C8H18Na2O2. The Balaban J connectivity index is -0.0000000457. The third kappa shape index (κ3) is 92.5. The Labute approximate surface area is 121 Å². The van der Waals surface area contributed by atoms with Crippen molar-refractivity contribution in [1.29, 1.82) is 0 Å². The van der Waals surface area contributed by atoms with Gasteiger partial charge in [0.2, 0.25) is 0 Å². The first-order valence-corrected chi connectivity index (χ1v) is 3.70. The predicted molar refractivity (Wildman–Crippen MR) is 39.5 cm³/mol. The van der Waals surface area contributed by atoms with E-state index < -0.39 is 5.60 Å². The molecule has 0 atom stereocenters. The minimum atomic E-state index is -0.750. The van der Waals surface area contributed by atoms with Gasteiger partial charge in [0.1, 0.15) is 0 Å². The van der Waals surface area contributed by atoms with Crippen molar-refractivity contribution in [2.45, 2.75) is 46.1 Å². The Kier molecular flexibility index (Phi) is 30.3. The molecule has 0 aromatic rings. The molecule has 0 unspecified atom stereocenters. The molecule has 4 heteroatoms. The van der Waals surface area contributed by atoms with Gasteiger partial charge in [0.15, 0.2) is 0 Å². The quantitative estimate of drug-likeness (QED) is 0.409. The first-order chi connectivity index (χ1) is 4.41. The third-order valence-corrected chi connectivity index (χ3v) is 0.498. The largest absolute Gasteiger partial charge is 1.00 e. The van der Waals surface area contributed by atoms with Gasteiger partial charge in [0, 0.05) is 0 Å². The SMILES string of the molecule is CC(C)(C)[O-].CCCC[O-].[Na+].[Na+].